The van der Waals surface area contributed by atoms with Crippen molar-refractivity contribution >= 4 is 56.5 Å². The number of aromatic nitrogens is 2. The number of rotatable bonds is 4. The van der Waals surface area contributed by atoms with Crippen molar-refractivity contribution in [2.24, 2.45) is 7.05 Å². The lowest BCUT2D eigenvalue weighted by Gasteiger charge is -2.08. The summed E-state index contributed by atoms with van der Waals surface area (Å²) < 4.78 is 14.6. The maximum atomic E-state index is 13.2. The van der Waals surface area contributed by atoms with Gasteiger partial charge in [0, 0.05) is 17.6 Å². The summed E-state index contributed by atoms with van der Waals surface area (Å²) in [6, 6.07) is 3.96. The SMILES string of the molecule is Cc1sc2nc(SCC(=O)Nc3ccc(F)c(Cl)c3)n(C)c(=O)c2c1C. The number of fused-ring (bicyclic) bond motifs is 1. The third-order valence-corrected chi connectivity index (χ3v) is 6.33. The van der Waals surface area contributed by atoms with Gasteiger partial charge in [-0.1, -0.05) is 23.4 Å². The fourth-order valence-corrected chi connectivity index (χ4v) is 4.41. The number of thioether (sulfide) groups is 1. The summed E-state index contributed by atoms with van der Waals surface area (Å²) in [5.41, 5.74) is 1.23. The molecule has 0 saturated heterocycles. The zero-order valence-corrected chi connectivity index (χ0v) is 16.6. The van der Waals surface area contributed by atoms with E-state index in [0.717, 1.165) is 10.4 Å². The van der Waals surface area contributed by atoms with Gasteiger partial charge in [-0.3, -0.25) is 14.2 Å². The van der Waals surface area contributed by atoms with Crippen LogP contribution in [0.2, 0.25) is 5.02 Å². The Kier molecular flexibility index (Phi) is 5.36. The van der Waals surface area contributed by atoms with Gasteiger partial charge in [0.25, 0.3) is 5.56 Å². The summed E-state index contributed by atoms with van der Waals surface area (Å²) in [6.07, 6.45) is 0. The maximum absolute atomic E-state index is 13.2. The van der Waals surface area contributed by atoms with Crippen LogP contribution in [0, 0.1) is 19.7 Å². The van der Waals surface area contributed by atoms with Crippen LogP contribution < -0.4 is 10.9 Å². The van der Waals surface area contributed by atoms with Crippen LogP contribution in [0.25, 0.3) is 10.2 Å². The predicted octanol–water partition coefficient (Wildman–Crippen LogP) is 4.14. The summed E-state index contributed by atoms with van der Waals surface area (Å²) in [4.78, 5) is 30.9. The molecule has 0 aliphatic carbocycles. The lowest BCUT2D eigenvalue weighted by atomic mass is 10.2. The third kappa shape index (κ3) is 3.62. The Bertz CT molecular complexity index is 1080. The molecule has 0 fully saturated rings. The van der Waals surface area contributed by atoms with Crippen LogP contribution in [0.3, 0.4) is 0 Å². The number of anilines is 1. The molecule has 0 spiro atoms. The van der Waals surface area contributed by atoms with Crippen LogP contribution in [-0.2, 0) is 11.8 Å². The Morgan fingerprint density at radius 1 is 1.42 bits per heavy atom. The van der Waals surface area contributed by atoms with Gasteiger partial charge in [-0.25, -0.2) is 9.37 Å². The summed E-state index contributed by atoms with van der Waals surface area (Å²) in [7, 11) is 1.64. The van der Waals surface area contributed by atoms with E-state index in [4.69, 9.17) is 11.6 Å². The number of amides is 1. The standard InChI is InChI=1S/C17H15ClFN3O2S2/c1-8-9(2)26-15-14(8)16(24)22(3)17(21-15)25-7-13(23)20-10-4-5-12(19)11(18)6-10/h4-6H,7H2,1-3H3,(H,20,23). The molecular formula is C17H15ClFN3O2S2. The van der Waals surface area contributed by atoms with Crippen molar-refractivity contribution in [2.45, 2.75) is 19.0 Å². The van der Waals surface area contributed by atoms with E-state index in [0.29, 0.717) is 21.1 Å². The molecule has 1 N–H and O–H groups in total. The van der Waals surface area contributed by atoms with E-state index in [1.54, 1.807) is 7.05 Å². The first-order valence-corrected chi connectivity index (χ1v) is 9.80. The van der Waals surface area contributed by atoms with Crippen LogP contribution in [0.4, 0.5) is 10.1 Å². The largest absolute Gasteiger partial charge is 0.325 e. The summed E-state index contributed by atoms with van der Waals surface area (Å²) in [6.45, 7) is 3.86. The highest BCUT2D eigenvalue weighted by molar-refractivity contribution is 7.99. The van der Waals surface area contributed by atoms with E-state index in [-0.39, 0.29) is 22.2 Å². The quantitative estimate of drug-likeness (QED) is 0.517. The van der Waals surface area contributed by atoms with Gasteiger partial charge in [-0.15, -0.1) is 11.3 Å². The van der Waals surface area contributed by atoms with Crippen LogP contribution in [0.1, 0.15) is 10.4 Å². The van der Waals surface area contributed by atoms with Crippen LogP contribution in [0.15, 0.2) is 28.2 Å². The Morgan fingerprint density at radius 3 is 2.85 bits per heavy atom. The summed E-state index contributed by atoms with van der Waals surface area (Å²) >= 11 is 8.33. The molecule has 0 unspecified atom stereocenters. The molecule has 2 heterocycles. The molecule has 0 aliphatic heterocycles. The van der Waals surface area contributed by atoms with E-state index in [1.807, 2.05) is 13.8 Å². The molecule has 2 aromatic heterocycles. The van der Waals surface area contributed by atoms with E-state index in [9.17, 15) is 14.0 Å². The normalized spacial score (nSPS) is 11.1. The van der Waals surface area contributed by atoms with Crippen LogP contribution in [-0.4, -0.2) is 21.2 Å². The van der Waals surface area contributed by atoms with Gasteiger partial charge >= 0.3 is 0 Å². The van der Waals surface area contributed by atoms with Crippen molar-refractivity contribution in [3.63, 3.8) is 0 Å². The molecule has 9 heteroatoms. The minimum Gasteiger partial charge on any atom is -0.325 e. The van der Waals surface area contributed by atoms with Gasteiger partial charge in [0.2, 0.25) is 5.91 Å². The number of hydrogen-bond acceptors (Lipinski definition) is 5. The van der Waals surface area contributed by atoms with E-state index < -0.39 is 5.82 Å². The summed E-state index contributed by atoms with van der Waals surface area (Å²) in [5.74, 6) is -0.789. The van der Waals surface area contributed by atoms with Crippen molar-refractivity contribution < 1.29 is 9.18 Å². The molecule has 0 atom stereocenters. The van der Waals surface area contributed by atoms with Crippen molar-refractivity contribution in [2.75, 3.05) is 11.1 Å². The van der Waals surface area contributed by atoms with Crippen molar-refractivity contribution in [1.29, 1.82) is 0 Å². The molecule has 5 nitrogen and oxygen atoms in total. The lowest BCUT2D eigenvalue weighted by Crippen LogP contribution is -2.21. The van der Waals surface area contributed by atoms with Gasteiger partial charge in [0.05, 0.1) is 16.2 Å². The molecule has 3 rings (SSSR count). The van der Waals surface area contributed by atoms with E-state index in [1.165, 1.54) is 45.9 Å². The van der Waals surface area contributed by atoms with Crippen LogP contribution >= 0.6 is 34.7 Å². The monoisotopic (exact) mass is 411 g/mol. The minimum absolute atomic E-state index is 0.0596. The minimum atomic E-state index is -0.548. The molecule has 1 amide bonds. The zero-order chi connectivity index (χ0) is 19.0. The topological polar surface area (TPSA) is 64.0 Å². The second-order valence-electron chi connectivity index (χ2n) is 5.69. The average molecular weight is 412 g/mol. The number of thiophene rings is 1. The third-order valence-electron chi connectivity index (χ3n) is 3.91. The highest BCUT2D eigenvalue weighted by atomic mass is 35.5. The number of benzene rings is 1. The highest BCUT2D eigenvalue weighted by Crippen LogP contribution is 2.28. The Hall–Kier alpha value is -1.90. The molecule has 0 radical (unpaired) electrons. The predicted molar refractivity (Wildman–Crippen MR) is 105 cm³/mol. The lowest BCUT2D eigenvalue weighted by molar-refractivity contribution is -0.113. The number of nitrogens with one attached hydrogen (secondary N) is 1. The first kappa shape index (κ1) is 18.9. The van der Waals surface area contributed by atoms with Gasteiger partial charge in [-0.2, -0.15) is 0 Å². The fraction of sp³-hybridized carbons (Fsp3) is 0.235. The van der Waals surface area contributed by atoms with E-state index in [2.05, 4.69) is 10.3 Å². The van der Waals surface area contributed by atoms with Gasteiger partial charge in [-0.05, 0) is 37.6 Å². The first-order valence-electron chi connectivity index (χ1n) is 7.62. The van der Waals surface area contributed by atoms with Crippen LogP contribution in [0.5, 0.6) is 0 Å². The highest BCUT2D eigenvalue weighted by Gasteiger charge is 2.16. The number of carbonyl (C=O) groups is 1. The van der Waals surface area contributed by atoms with Gasteiger partial charge in [0.15, 0.2) is 5.16 Å². The second kappa shape index (κ2) is 7.38. The van der Waals surface area contributed by atoms with Crippen molar-refractivity contribution in [3.8, 4) is 0 Å². The molecule has 1 aromatic carbocycles. The number of hydrogen-bond donors (Lipinski definition) is 1. The van der Waals surface area contributed by atoms with Crippen molar-refractivity contribution in [1.82, 2.24) is 9.55 Å². The fourth-order valence-electron chi connectivity index (χ4n) is 2.39. The molecule has 3 aromatic rings. The maximum Gasteiger partial charge on any atom is 0.262 e. The molecule has 0 bridgehead atoms. The molecule has 26 heavy (non-hydrogen) atoms. The number of carbonyl (C=O) groups excluding carboxylic acids is 1. The second-order valence-corrected chi connectivity index (χ2v) is 8.24. The molecule has 0 saturated carbocycles. The Labute approximate surface area is 162 Å². The van der Waals surface area contributed by atoms with Gasteiger partial charge in [0.1, 0.15) is 10.6 Å². The Morgan fingerprint density at radius 2 is 2.15 bits per heavy atom. The number of halogens is 2. The van der Waals surface area contributed by atoms with E-state index >= 15 is 0 Å². The molecule has 136 valence electrons. The average Bonchev–Trinajstić information content (AvgIpc) is 2.87. The smallest absolute Gasteiger partial charge is 0.262 e. The zero-order valence-electron chi connectivity index (χ0n) is 14.2. The molecule has 0 aliphatic rings. The van der Waals surface area contributed by atoms with Gasteiger partial charge < -0.3 is 5.32 Å². The van der Waals surface area contributed by atoms with Crippen molar-refractivity contribution in [3.05, 3.63) is 49.8 Å². The Balaban J connectivity index is 1.77. The number of nitrogens with zero attached hydrogens (tertiary/aromatic N) is 2. The summed E-state index contributed by atoms with van der Waals surface area (Å²) in [5, 5.41) is 3.68. The number of aryl methyl sites for hydroxylation is 2. The molecular weight excluding hydrogens is 397 g/mol. The first-order chi connectivity index (χ1) is 12.3.